The fourth-order valence-corrected chi connectivity index (χ4v) is 2.64. The van der Waals surface area contributed by atoms with Crippen molar-refractivity contribution in [3.8, 4) is 0 Å². The Morgan fingerprint density at radius 2 is 1.82 bits per heavy atom. The second-order valence-electron chi connectivity index (χ2n) is 5.75. The largest absolute Gasteiger partial charge is 0.351 e. The molecule has 1 heterocycles. The van der Waals surface area contributed by atoms with Crippen LogP contribution in [-0.2, 0) is 10.3 Å². The number of hydrogen-bond acceptors (Lipinski definition) is 3. The second kappa shape index (κ2) is 9.36. The molecule has 0 spiro atoms. The van der Waals surface area contributed by atoms with Crippen LogP contribution in [0.2, 0.25) is 0 Å². The van der Waals surface area contributed by atoms with Gasteiger partial charge in [-0.2, -0.15) is 0 Å². The lowest BCUT2D eigenvalue weighted by atomic mass is 9.91. The summed E-state index contributed by atoms with van der Waals surface area (Å²) in [5.41, 5.74) is 6.11. The van der Waals surface area contributed by atoms with E-state index >= 15 is 0 Å². The molecule has 0 bridgehead atoms. The van der Waals surface area contributed by atoms with E-state index in [0.717, 1.165) is 38.0 Å². The highest BCUT2D eigenvalue weighted by Gasteiger charge is 2.32. The average molecular weight is 348 g/mol. The normalized spacial score (nSPS) is 18.5. The topological polar surface area (TPSA) is 58.4 Å². The Kier molecular flexibility index (Phi) is 9.01. The summed E-state index contributed by atoms with van der Waals surface area (Å²) in [4.78, 5) is 14.8. The van der Waals surface area contributed by atoms with Crippen molar-refractivity contribution in [2.24, 2.45) is 5.73 Å². The number of halogens is 2. The third-order valence-corrected chi connectivity index (χ3v) is 4.22. The smallest absolute Gasteiger partial charge is 0.244 e. The minimum absolute atomic E-state index is 0. The van der Waals surface area contributed by atoms with Gasteiger partial charge in [-0.3, -0.25) is 4.79 Å². The average Bonchev–Trinajstić information content (AvgIpc) is 2.49. The maximum atomic E-state index is 12.4. The molecule has 1 atom stereocenters. The zero-order valence-electron chi connectivity index (χ0n) is 13.2. The van der Waals surface area contributed by atoms with Gasteiger partial charge in [-0.1, -0.05) is 37.3 Å². The molecule has 4 nitrogen and oxygen atoms in total. The predicted octanol–water partition coefficient (Wildman–Crippen LogP) is 2.30. The molecule has 1 saturated heterocycles. The lowest BCUT2D eigenvalue weighted by molar-refractivity contribution is -0.127. The number of benzene rings is 1. The molecule has 1 aliphatic rings. The van der Waals surface area contributed by atoms with E-state index in [4.69, 9.17) is 5.73 Å². The fourth-order valence-electron chi connectivity index (χ4n) is 2.64. The van der Waals surface area contributed by atoms with Crippen LogP contribution < -0.4 is 11.1 Å². The van der Waals surface area contributed by atoms with Gasteiger partial charge in [0.25, 0.3) is 0 Å². The van der Waals surface area contributed by atoms with Crippen LogP contribution in [0.1, 0.15) is 32.3 Å². The summed E-state index contributed by atoms with van der Waals surface area (Å²) in [6.07, 6.45) is 2.01. The number of nitrogens with two attached hydrogens (primary N) is 1. The van der Waals surface area contributed by atoms with Gasteiger partial charge in [0.2, 0.25) is 5.91 Å². The quantitative estimate of drug-likeness (QED) is 0.878. The van der Waals surface area contributed by atoms with Gasteiger partial charge in [0.1, 0.15) is 5.54 Å². The molecule has 0 aliphatic carbocycles. The Balaban J connectivity index is 0.00000220. The summed E-state index contributed by atoms with van der Waals surface area (Å²) in [6, 6.07) is 9.80. The number of piperidine rings is 1. The summed E-state index contributed by atoms with van der Waals surface area (Å²) in [5, 5.41) is 3.11. The van der Waals surface area contributed by atoms with Crippen LogP contribution in [0.5, 0.6) is 0 Å². The number of carbonyl (C=O) groups excluding carboxylic acids is 1. The van der Waals surface area contributed by atoms with Gasteiger partial charge < -0.3 is 16.0 Å². The molecule has 1 fully saturated rings. The monoisotopic (exact) mass is 347 g/mol. The molecule has 0 aromatic heterocycles. The summed E-state index contributed by atoms with van der Waals surface area (Å²) < 4.78 is 0. The van der Waals surface area contributed by atoms with E-state index in [1.807, 2.05) is 30.3 Å². The molecule has 3 N–H and O–H groups in total. The van der Waals surface area contributed by atoms with Crippen LogP contribution in [0.25, 0.3) is 0 Å². The van der Waals surface area contributed by atoms with E-state index < -0.39 is 5.54 Å². The van der Waals surface area contributed by atoms with Crippen molar-refractivity contribution >= 4 is 30.7 Å². The molecular formula is C16H27Cl2N3O. The molecule has 1 aliphatic heterocycles. The van der Waals surface area contributed by atoms with Gasteiger partial charge in [0.15, 0.2) is 0 Å². The van der Waals surface area contributed by atoms with Gasteiger partial charge in [-0.25, -0.2) is 0 Å². The number of amides is 1. The standard InChI is InChI=1S/C16H25N3O.2ClH/c1-3-19-11-9-14(10-12-19)18-15(20)16(2,17)13-7-5-4-6-8-13;;/h4-8,14H,3,9-12,17H2,1-2H3,(H,18,20);2*1H. The van der Waals surface area contributed by atoms with E-state index in [1.165, 1.54) is 0 Å². The number of nitrogens with zero attached hydrogens (tertiary/aromatic N) is 1. The van der Waals surface area contributed by atoms with Crippen molar-refractivity contribution in [3.05, 3.63) is 35.9 Å². The Labute approximate surface area is 145 Å². The van der Waals surface area contributed by atoms with Crippen LogP contribution in [-0.4, -0.2) is 36.5 Å². The Morgan fingerprint density at radius 3 is 2.32 bits per heavy atom. The first-order valence-electron chi connectivity index (χ1n) is 7.41. The van der Waals surface area contributed by atoms with Crippen molar-refractivity contribution in [1.29, 1.82) is 0 Å². The van der Waals surface area contributed by atoms with Crippen molar-refractivity contribution < 1.29 is 4.79 Å². The van der Waals surface area contributed by atoms with Crippen molar-refractivity contribution in [3.63, 3.8) is 0 Å². The number of likely N-dealkylation sites (tertiary alicyclic amines) is 1. The number of nitrogens with one attached hydrogen (secondary N) is 1. The molecule has 0 radical (unpaired) electrons. The third kappa shape index (κ3) is 5.13. The maximum Gasteiger partial charge on any atom is 0.244 e. The van der Waals surface area contributed by atoms with Crippen LogP contribution >= 0.6 is 24.8 Å². The minimum Gasteiger partial charge on any atom is -0.351 e. The lowest BCUT2D eigenvalue weighted by Gasteiger charge is -2.33. The molecular weight excluding hydrogens is 321 g/mol. The lowest BCUT2D eigenvalue weighted by Crippen LogP contribution is -2.54. The highest BCUT2D eigenvalue weighted by atomic mass is 35.5. The van der Waals surface area contributed by atoms with E-state index in [2.05, 4.69) is 17.1 Å². The molecule has 0 saturated carbocycles. The summed E-state index contributed by atoms with van der Waals surface area (Å²) >= 11 is 0. The van der Waals surface area contributed by atoms with Gasteiger partial charge in [0, 0.05) is 19.1 Å². The molecule has 22 heavy (non-hydrogen) atoms. The number of hydrogen-bond donors (Lipinski definition) is 2. The molecule has 1 unspecified atom stereocenters. The summed E-state index contributed by atoms with van der Waals surface area (Å²) in [6.45, 7) is 7.13. The van der Waals surface area contributed by atoms with E-state index in [-0.39, 0.29) is 36.8 Å². The molecule has 126 valence electrons. The van der Waals surface area contributed by atoms with Crippen molar-refractivity contribution in [2.45, 2.75) is 38.3 Å². The zero-order chi connectivity index (χ0) is 14.6. The molecule has 1 aromatic carbocycles. The van der Waals surface area contributed by atoms with Gasteiger partial charge in [0.05, 0.1) is 0 Å². The van der Waals surface area contributed by atoms with Gasteiger partial charge in [-0.15, -0.1) is 24.8 Å². The fraction of sp³-hybridized carbons (Fsp3) is 0.562. The van der Waals surface area contributed by atoms with Crippen LogP contribution in [0.3, 0.4) is 0 Å². The minimum atomic E-state index is -0.969. The number of carbonyl (C=O) groups is 1. The maximum absolute atomic E-state index is 12.4. The first-order valence-corrected chi connectivity index (χ1v) is 7.41. The Morgan fingerprint density at radius 1 is 1.27 bits per heavy atom. The SMILES string of the molecule is CCN1CCC(NC(=O)C(C)(N)c2ccccc2)CC1.Cl.Cl. The zero-order valence-corrected chi connectivity index (χ0v) is 14.9. The van der Waals surface area contributed by atoms with Crippen molar-refractivity contribution in [1.82, 2.24) is 10.2 Å². The summed E-state index contributed by atoms with van der Waals surface area (Å²) in [7, 11) is 0. The van der Waals surface area contributed by atoms with Crippen molar-refractivity contribution in [2.75, 3.05) is 19.6 Å². The van der Waals surface area contributed by atoms with Crippen LogP contribution in [0, 0.1) is 0 Å². The van der Waals surface area contributed by atoms with E-state index in [1.54, 1.807) is 6.92 Å². The van der Waals surface area contributed by atoms with Crippen LogP contribution in [0.4, 0.5) is 0 Å². The first-order chi connectivity index (χ1) is 9.54. The van der Waals surface area contributed by atoms with Crippen LogP contribution in [0.15, 0.2) is 30.3 Å². The Bertz CT molecular complexity index is 446. The predicted molar refractivity (Wildman–Crippen MR) is 95.8 cm³/mol. The molecule has 1 aromatic rings. The molecule has 1 amide bonds. The van der Waals surface area contributed by atoms with E-state index in [9.17, 15) is 4.79 Å². The van der Waals surface area contributed by atoms with Gasteiger partial charge >= 0.3 is 0 Å². The highest BCUT2D eigenvalue weighted by molar-refractivity contribution is 5.87. The first kappa shape index (κ1) is 21.2. The van der Waals surface area contributed by atoms with Gasteiger partial charge in [-0.05, 0) is 31.9 Å². The Hall–Kier alpha value is -0.810. The highest BCUT2D eigenvalue weighted by Crippen LogP contribution is 2.19. The second-order valence-corrected chi connectivity index (χ2v) is 5.75. The molecule has 6 heteroatoms. The molecule has 2 rings (SSSR count). The summed E-state index contributed by atoms with van der Waals surface area (Å²) in [5.74, 6) is -0.0846. The van der Waals surface area contributed by atoms with E-state index in [0.29, 0.717) is 0 Å². The third-order valence-electron chi connectivity index (χ3n) is 4.22. The number of rotatable bonds is 4.